The molecule has 7 nitrogen and oxygen atoms in total. The minimum Gasteiger partial charge on any atom is -0.346 e. The molecule has 1 aromatic carbocycles. The fourth-order valence-corrected chi connectivity index (χ4v) is 3.61. The van der Waals surface area contributed by atoms with Crippen molar-refractivity contribution in [2.24, 2.45) is 0 Å². The SMILES string of the molecule is CCCc1nn(-c2ccccc2)c(=O)n1CC(=O)N[C@@H](C)c1nc(C)cs1. The molecule has 0 spiro atoms. The summed E-state index contributed by atoms with van der Waals surface area (Å²) in [4.78, 5) is 29.8. The molecule has 1 atom stereocenters. The van der Waals surface area contributed by atoms with Crippen molar-refractivity contribution in [2.75, 3.05) is 0 Å². The molecule has 0 aliphatic carbocycles. The maximum absolute atomic E-state index is 12.8. The largest absolute Gasteiger partial charge is 0.351 e. The van der Waals surface area contributed by atoms with Crippen LogP contribution in [0, 0.1) is 6.92 Å². The molecule has 2 heterocycles. The maximum Gasteiger partial charge on any atom is 0.351 e. The van der Waals surface area contributed by atoms with Crippen LogP contribution < -0.4 is 11.0 Å². The number of rotatable bonds is 7. The number of carbonyl (C=O) groups excluding carboxylic acids is 1. The van der Waals surface area contributed by atoms with E-state index in [9.17, 15) is 9.59 Å². The molecule has 0 bridgehead atoms. The smallest absolute Gasteiger partial charge is 0.346 e. The highest BCUT2D eigenvalue weighted by molar-refractivity contribution is 7.09. The summed E-state index contributed by atoms with van der Waals surface area (Å²) in [6.45, 7) is 5.77. The molecule has 27 heavy (non-hydrogen) atoms. The van der Waals surface area contributed by atoms with Gasteiger partial charge in [0.05, 0.1) is 11.7 Å². The van der Waals surface area contributed by atoms with E-state index in [1.54, 1.807) is 0 Å². The van der Waals surface area contributed by atoms with Crippen LogP contribution in [0.25, 0.3) is 5.69 Å². The molecule has 0 saturated carbocycles. The van der Waals surface area contributed by atoms with Gasteiger partial charge in [0.2, 0.25) is 5.91 Å². The number of nitrogens with one attached hydrogen (secondary N) is 1. The first-order valence-electron chi connectivity index (χ1n) is 8.95. The molecule has 1 N–H and O–H groups in total. The molecular formula is C19H23N5O2S. The van der Waals surface area contributed by atoms with E-state index in [1.165, 1.54) is 20.6 Å². The predicted octanol–water partition coefficient (Wildman–Crippen LogP) is 2.63. The van der Waals surface area contributed by atoms with Gasteiger partial charge in [-0.1, -0.05) is 25.1 Å². The highest BCUT2D eigenvalue weighted by Gasteiger charge is 2.18. The lowest BCUT2D eigenvalue weighted by molar-refractivity contribution is -0.122. The quantitative estimate of drug-likeness (QED) is 0.678. The van der Waals surface area contributed by atoms with Gasteiger partial charge in [0, 0.05) is 17.5 Å². The van der Waals surface area contributed by atoms with Crippen LogP contribution in [0.15, 0.2) is 40.5 Å². The standard InChI is InChI=1S/C19H23N5O2S/c1-4-8-16-22-24(15-9-6-5-7-10-15)19(26)23(16)11-17(25)21-14(3)18-20-13(2)12-27-18/h5-7,9-10,12,14H,4,8,11H2,1-3H3,(H,21,25)/t14-/m0/s1. The monoisotopic (exact) mass is 385 g/mol. The summed E-state index contributed by atoms with van der Waals surface area (Å²) in [6, 6.07) is 9.02. The lowest BCUT2D eigenvalue weighted by Gasteiger charge is -2.12. The zero-order valence-corrected chi connectivity index (χ0v) is 16.5. The number of nitrogens with zero attached hydrogens (tertiary/aromatic N) is 4. The number of hydrogen-bond donors (Lipinski definition) is 1. The van der Waals surface area contributed by atoms with Crippen molar-refractivity contribution in [3.8, 4) is 5.69 Å². The zero-order chi connectivity index (χ0) is 19.4. The molecule has 2 aromatic heterocycles. The fourth-order valence-electron chi connectivity index (χ4n) is 2.81. The lowest BCUT2D eigenvalue weighted by atomic mass is 10.3. The molecule has 142 valence electrons. The van der Waals surface area contributed by atoms with Crippen LogP contribution in [-0.2, 0) is 17.8 Å². The molecule has 0 aliphatic rings. The van der Waals surface area contributed by atoms with Crippen molar-refractivity contribution in [2.45, 2.75) is 46.2 Å². The number of para-hydroxylation sites is 1. The topological polar surface area (TPSA) is 81.8 Å². The molecule has 0 aliphatic heterocycles. The molecule has 3 rings (SSSR count). The first kappa shape index (κ1) is 19.0. The Hall–Kier alpha value is -2.74. The van der Waals surface area contributed by atoms with Crippen LogP contribution in [0.4, 0.5) is 0 Å². The Balaban J connectivity index is 1.82. The average molecular weight is 385 g/mol. The molecule has 0 fully saturated rings. The summed E-state index contributed by atoms with van der Waals surface area (Å²) < 4.78 is 2.80. The van der Waals surface area contributed by atoms with Crippen molar-refractivity contribution in [3.05, 3.63) is 62.7 Å². The van der Waals surface area contributed by atoms with Crippen LogP contribution >= 0.6 is 11.3 Å². The Morgan fingerprint density at radius 2 is 2.04 bits per heavy atom. The maximum atomic E-state index is 12.8. The minimum atomic E-state index is -0.308. The summed E-state index contributed by atoms with van der Waals surface area (Å²) in [6.07, 6.45) is 1.46. The average Bonchev–Trinajstić information content (AvgIpc) is 3.21. The number of hydrogen-bond acceptors (Lipinski definition) is 5. The van der Waals surface area contributed by atoms with E-state index < -0.39 is 0 Å². The van der Waals surface area contributed by atoms with Crippen LogP contribution in [-0.4, -0.2) is 25.2 Å². The number of benzene rings is 1. The number of amides is 1. The second-order valence-electron chi connectivity index (χ2n) is 6.40. The van der Waals surface area contributed by atoms with E-state index in [4.69, 9.17) is 0 Å². The first-order valence-corrected chi connectivity index (χ1v) is 9.83. The zero-order valence-electron chi connectivity index (χ0n) is 15.7. The minimum absolute atomic E-state index is 0.0598. The van der Waals surface area contributed by atoms with Crippen molar-refractivity contribution in [1.29, 1.82) is 0 Å². The van der Waals surface area contributed by atoms with Gasteiger partial charge in [-0.25, -0.2) is 9.78 Å². The second-order valence-corrected chi connectivity index (χ2v) is 7.29. The van der Waals surface area contributed by atoms with Gasteiger partial charge < -0.3 is 5.32 Å². The third kappa shape index (κ3) is 4.33. The number of aromatic nitrogens is 4. The fraction of sp³-hybridized carbons (Fsp3) is 0.368. The number of carbonyl (C=O) groups is 1. The van der Waals surface area contributed by atoms with E-state index in [2.05, 4.69) is 15.4 Å². The van der Waals surface area contributed by atoms with Gasteiger partial charge >= 0.3 is 5.69 Å². The molecular weight excluding hydrogens is 362 g/mol. The van der Waals surface area contributed by atoms with Crippen molar-refractivity contribution in [3.63, 3.8) is 0 Å². The summed E-state index contributed by atoms with van der Waals surface area (Å²) >= 11 is 1.51. The lowest BCUT2D eigenvalue weighted by Crippen LogP contribution is -2.35. The van der Waals surface area contributed by atoms with E-state index in [0.29, 0.717) is 17.9 Å². The summed E-state index contributed by atoms with van der Waals surface area (Å²) in [5, 5.41) is 10.2. The van der Waals surface area contributed by atoms with E-state index in [-0.39, 0.29) is 24.2 Å². The highest BCUT2D eigenvalue weighted by Crippen LogP contribution is 2.17. The summed E-state index contributed by atoms with van der Waals surface area (Å²) in [5.41, 5.74) is 1.31. The van der Waals surface area contributed by atoms with Crippen molar-refractivity contribution < 1.29 is 4.79 Å². The Morgan fingerprint density at radius 3 is 2.67 bits per heavy atom. The highest BCUT2D eigenvalue weighted by atomic mass is 32.1. The molecule has 8 heteroatoms. The third-order valence-corrected chi connectivity index (χ3v) is 5.25. The molecule has 3 aromatic rings. The van der Waals surface area contributed by atoms with Crippen LogP contribution in [0.2, 0.25) is 0 Å². The van der Waals surface area contributed by atoms with Crippen molar-refractivity contribution in [1.82, 2.24) is 24.6 Å². The normalized spacial score (nSPS) is 12.1. The molecule has 0 saturated heterocycles. The summed E-state index contributed by atoms with van der Waals surface area (Å²) in [5.74, 6) is 0.377. The Kier molecular flexibility index (Phi) is 5.85. The van der Waals surface area contributed by atoms with Gasteiger partial charge in [0.25, 0.3) is 0 Å². The predicted molar refractivity (Wildman–Crippen MR) is 105 cm³/mol. The van der Waals surface area contributed by atoms with E-state index in [1.807, 2.05) is 56.5 Å². The van der Waals surface area contributed by atoms with E-state index >= 15 is 0 Å². The van der Waals surface area contributed by atoms with Gasteiger partial charge in [0.15, 0.2) is 0 Å². The second kappa shape index (κ2) is 8.30. The van der Waals surface area contributed by atoms with Gasteiger partial charge in [-0.2, -0.15) is 4.68 Å². The van der Waals surface area contributed by atoms with Gasteiger partial charge in [0.1, 0.15) is 17.4 Å². The Morgan fingerprint density at radius 1 is 1.30 bits per heavy atom. The molecule has 0 unspecified atom stereocenters. The molecule has 0 radical (unpaired) electrons. The number of aryl methyl sites for hydroxylation is 2. The van der Waals surface area contributed by atoms with Crippen molar-refractivity contribution >= 4 is 17.2 Å². The van der Waals surface area contributed by atoms with Crippen LogP contribution in [0.3, 0.4) is 0 Å². The molecule has 1 amide bonds. The Bertz CT molecular complexity index is 974. The third-order valence-electron chi connectivity index (χ3n) is 4.10. The van der Waals surface area contributed by atoms with E-state index in [0.717, 1.165) is 17.1 Å². The van der Waals surface area contributed by atoms with Gasteiger partial charge in [-0.15, -0.1) is 16.4 Å². The van der Waals surface area contributed by atoms with Gasteiger partial charge in [-0.05, 0) is 32.4 Å². The van der Waals surface area contributed by atoms with Crippen LogP contribution in [0.1, 0.15) is 42.8 Å². The number of thiazole rings is 1. The van der Waals surface area contributed by atoms with Gasteiger partial charge in [-0.3, -0.25) is 9.36 Å². The summed E-state index contributed by atoms with van der Waals surface area (Å²) in [7, 11) is 0. The Labute approximate surface area is 161 Å². The van der Waals surface area contributed by atoms with Crippen LogP contribution in [0.5, 0.6) is 0 Å². The first-order chi connectivity index (χ1) is 13.0.